The minimum Gasteiger partial charge on any atom is -0.462 e. The molecule has 0 bridgehead atoms. The maximum Gasteiger partial charge on any atom is 0.333 e. The molecule has 0 aromatic heterocycles. The summed E-state index contributed by atoms with van der Waals surface area (Å²) in [5.74, 6) is -0.802. The van der Waals surface area contributed by atoms with Crippen molar-refractivity contribution in [2.24, 2.45) is 0 Å². The Labute approximate surface area is 163 Å². The van der Waals surface area contributed by atoms with Crippen LogP contribution in [0.5, 0.6) is 0 Å². The van der Waals surface area contributed by atoms with Gasteiger partial charge in [0.25, 0.3) is 0 Å². The van der Waals surface area contributed by atoms with E-state index in [1.54, 1.807) is 13.8 Å². The highest BCUT2D eigenvalue weighted by Gasteiger charge is 2.15. The molecule has 0 aliphatic rings. The van der Waals surface area contributed by atoms with Crippen LogP contribution in [0.1, 0.15) is 52.4 Å². The van der Waals surface area contributed by atoms with Crippen molar-refractivity contribution in [1.29, 1.82) is 0 Å². The highest BCUT2D eigenvalue weighted by molar-refractivity contribution is 7.88. The fraction of sp³-hybridized carbons (Fsp3) is 0.684. The molecule has 8 heteroatoms. The molecular formula is C19H33NO6S. The average Bonchev–Trinajstić information content (AvgIpc) is 2.56. The Balaban J connectivity index is 3.97. The standard InChI is InChI=1S/C19H33NO6S/c1-16(2)18(21)25-14-10-6-8-12-20(27(5,23)24)13-9-7-11-15-26-19(22)17(3)4/h1,3,6-15H2,2,4-5H3. The lowest BCUT2D eigenvalue weighted by Gasteiger charge is -2.19. The van der Waals surface area contributed by atoms with Crippen molar-refractivity contribution < 1.29 is 27.5 Å². The number of esters is 2. The van der Waals surface area contributed by atoms with Gasteiger partial charge in [-0.05, 0) is 52.4 Å². The minimum absolute atomic E-state index is 0.313. The average molecular weight is 404 g/mol. The number of rotatable bonds is 15. The number of ether oxygens (including phenoxy) is 2. The van der Waals surface area contributed by atoms with Crippen molar-refractivity contribution in [1.82, 2.24) is 4.31 Å². The lowest BCUT2D eigenvalue weighted by Crippen LogP contribution is -2.32. The molecule has 0 aromatic carbocycles. The van der Waals surface area contributed by atoms with Crippen molar-refractivity contribution in [3.63, 3.8) is 0 Å². The number of nitrogens with zero attached hydrogens (tertiary/aromatic N) is 1. The first-order valence-corrected chi connectivity index (χ1v) is 11.0. The van der Waals surface area contributed by atoms with Crippen molar-refractivity contribution in [2.75, 3.05) is 32.6 Å². The molecule has 0 radical (unpaired) electrons. The minimum atomic E-state index is -3.26. The van der Waals surface area contributed by atoms with Gasteiger partial charge in [0.1, 0.15) is 0 Å². The van der Waals surface area contributed by atoms with Gasteiger partial charge in [0, 0.05) is 24.2 Å². The lowest BCUT2D eigenvalue weighted by molar-refractivity contribution is -0.139. The molecule has 0 N–H and O–H groups in total. The Kier molecular flexibility index (Phi) is 12.7. The van der Waals surface area contributed by atoms with E-state index in [-0.39, 0.29) is 0 Å². The summed E-state index contributed by atoms with van der Waals surface area (Å²) in [5.41, 5.74) is 0.736. The highest BCUT2D eigenvalue weighted by Crippen LogP contribution is 2.08. The van der Waals surface area contributed by atoms with Gasteiger partial charge >= 0.3 is 11.9 Å². The van der Waals surface area contributed by atoms with Gasteiger partial charge in [0.15, 0.2) is 0 Å². The molecule has 0 aliphatic heterocycles. The van der Waals surface area contributed by atoms with E-state index < -0.39 is 22.0 Å². The van der Waals surface area contributed by atoms with Gasteiger partial charge in [-0.2, -0.15) is 0 Å². The van der Waals surface area contributed by atoms with Crippen molar-refractivity contribution in [3.8, 4) is 0 Å². The van der Waals surface area contributed by atoms with Crippen molar-refractivity contribution in [3.05, 3.63) is 24.3 Å². The normalized spacial score (nSPS) is 11.3. The third kappa shape index (κ3) is 13.2. The molecule has 156 valence electrons. The monoisotopic (exact) mass is 403 g/mol. The van der Waals surface area contributed by atoms with E-state index in [1.165, 1.54) is 10.6 Å². The maximum absolute atomic E-state index is 11.9. The van der Waals surface area contributed by atoms with Crippen LogP contribution < -0.4 is 0 Å². The van der Waals surface area contributed by atoms with Gasteiger partial charge in [0.2, 0.25) is 10.0 Å². The molecule has 0 aromatic rings. The Morgan fingerprint density at radius 2 is 1.15 bits per heavy atom. The molecule has 27 heavy (non-hydrogen) atoms. The van der Waals surface area contributed by atoms with Crippen LogP contribution in [-0.4, -0.2) is 57.2 Å². The highest BCUT2D eigenvalue weighted by atomic mass is 32.2. The van der Waals surface area contributed by atoms with Crippen LogP contribution >= 0.6 is 0 Å². The van der Waals surface area contributed by atoms with Gasteiger partial charge in [0.05, 0.1) is 19.5 Å². The zero-order valence-electron chi connectivity index (χ0n) is 16.8. The molecule has 0 fully saturated rings. The van der Waals surface area contributed by atoms with Gasteiger partial charge in [-0.1, -0.05) is 13.2 Å². The summed E-state index contributed by atoms with van der Waals surface area (Å²) in [6, 6.07) is 0. The number of carbonyl (C=O) groups is 2. The number of sulfonamides is 1. The van der Waals surface area contributed by atoms with E-state index in [2.05, 4.69) is 13.2 Å². The predicted molar refractivity (Wildman–Crippen MR) is 106 cm³/mol. The molecule has 7 nitrogen and oxygen atoms in total. The first-order valence-electron chi connectivity index (χ1n) is 9.16. The van der Waals surface area contributed by atoms with Crippen LogP contribution in [0.4, 0.5) is 0 Å². The molecule has 0 heterocycles. The molecule has 0 unspecified atom stereocenters. The molecule has 0 saturated heterocycles. The summed E-state index contributed by atoms with van der Waals surface area (Å²) in [6.45, 7) is 11.7. The third-order valence-corrected chi connectivity index (χ3v) is 5.04. The molecule has 0 rings (SSSR count). The third-order valence-electron chi connectivity index (χ3n) is 3.74. The van der Waals surface area contributed by atoms with Crippen LogP contribution in [0.15, 0.2) is 24.3 Å². The van der Waals surface area contributed by atoms with Crippen LogP contribution in [0.3, 0.4) is 0 Å². The molecule has 0 aliphatic carbocycles. The quantitative estimate of drug-likeness (QED) is 0.237. The Bertz CT molecular complexity index is 574. The summed E-state index contributed by atoms with van der Waals surface area (Å²) >= 11 is 0. The van der Waals surface area contributed by atoms with E-state index in [0.29, 0.717) is 63.1 Å². The maximum atomic E-state index is 11.9. The molecule has 0 atom stereocenters. The summed E-state index contributed by atoms with van der Waals surface area (Å²) in [5, 5.41) is 0. The van der Waals surface area contributed by atoms with Gasteiger partial charge in [-0.15, -0.1) is 0 Å². The van der Waals surface area contributed by atoms with Crippen molar-refractivity contribution in [2.45, 2.75) is 52.4 Å². The van der Waals surface area contributed by atoms with Gasteiger partial charge < -0.3 is 9.47 Å². The summed E-state index contributed by atoms with van der Waals surface area (Å²) < 4.78 is 35.2. The zero-order chi connectivity index (χ0) is 20.9. The van der Waals surface area contributed by atoms with E-state index in [1.807, 2.05) is 0 Å². The van der Waals surface area contributed by atoms with Crippen molar-refractivity contribution >= 4 is 22.0 Å². The molecule has 0 spiro atoms. The lowest BCUT2D eigenvalue weighted by atomic mass is 10.2. The number of carbonyl (C=O) groups excluding carboxylic acids is 2. The first-order chi connectivity index (χ1) is 12.6. The SMILES string of the molecule is C=C(C)C(=O)OCCCCCN(CCCCCOC(=O)C(=C)C)S(C)(=O)=O. The second-order valence-electron chi connectivity index (χ2n) is 6.62. The molecular weight excluding hydrogens is 370 g/mol. The van der Waals surface area contributed by atoms with E-state index >= 15 is 0 Å². The van der Waals surface area contributed by atoms with E-state index in [9.17, 15) is 18.0 Å². The predicted octanol–water partition coefficient (Wildman–Crippen LogP) is 2.83. The fourth-order valence-electron chi connectivity index (χ4n) is 2.15. The molecule has 0 saturated carbocycles. The Morgan fingerprint density at radius 3 is 1.44 bits per heavy atom. The smallest absolute Gasteiger partial charge is 0.333 e. The topological polar surface area (TPSA) is 90.0 Å². The van der Waals surface area contributed by atoms with Crippen LogP contribution in [0, 0.1) is 0 Å². The largest absolute Gasteiger partial charge is 0.462 e. The van der Waals surface area contributed by atoms with Gasteiger partial charge in [-0.3, -0.25) is 0 Å². The Hall–Kier alpha value is -1.67. The van der Waals surface area contributed by atoms with Crippen LogP contribution in [-0.2, 0) is 29.1 Å². The number of hydrogen-bond donors (Lipinski definition) is 0. The summed E-state index contributed by atoms with van der Waals surface area (Å²) in [6.07, 6.45) is 5.52. The Morgan fingerprint density at radius 1 is 0.778 bits per heavy atom. The number of unbranched alkanes of at least 4 members (excludes halogenated alkanes) is 4. The van der Waals surface area contributed by atoms with E-state index in [4.69, 9.17) is 9.47 Å². The molecule has 0 amide bonds. The second-order valence-corrected chi connectivity index (χ2v) is 8.60. The van der Waals surface area contributed by atoms with Crippen LogP contribution in [0.2, 0.25) is 0 Å². The van der Waals surface area contributed by atoms with Crippen LogP contribution in [0.25, 0.3) is 0 Å². The summed E-state index contributed by atoms with van der Waals surface area (Å²) in [7, 11) is -3.26. The van der Waals surface area contributed by atoms with E-state index in [0.717, 1.165) is 12.8 Å². The summed E-state index contributed by atoms with van der Waals surface area (Å²) in [4.78, 5) is 22.5. The zero-order valence-corrected chi connectivity index (χ0v) is 17.6. The number of hydrogen-bond acceptors (Lipinski definition) is 6. The fourth-order valence-corrected chi connectivity index (χ4v) is 3.08. The van der Waals surface area contributed by atoms with Gasteiger partial charge in [-0.25, -0.2) is 22.3 Å². The second kappa shape index (κ2) is 13.5. The first kappa shape index (κ1) is 25.3.